The molecule has 0 aliphatic carbocycles. The number of rotatable bonds is 15. The van der Waals surface area contributed by atoms with Gasteiger partial charge in [0, 0.05) is 67.4 Å². The molecule has 3 amide bonds. The summed E-state index contributed by atoms with van der Waals surface area (Å²) in [7, 11) is 0. The first-order valence-corrected chi connectivity index (χ1v) is 13.9. The summed E-state index contributed by atoms with van der Waals surface area (Å²) in [6, 6.07) is 9.67. The van der Waals surface area contributed by atoms with Crippen LogP contribution >= 0.6 is 11.8 Å². The van der Waals surface area contributed by atoms with Crippen LogP contribution < -0.4 is 21.3 Å². The molecule has 0 bridgehead atoms. The molecule has 0 spiro atoms. The van der Waals surface area contributed by atoms with E-state index < -0.39 is 0 Å². The van der Waals surface area contributed by atoms with Crippen molar-refractivity contribution in [2.75, 3.05) is 55.7 Å². The van der Waals surface area contributed by atoms with Crippen molar-refractivity contribution in [3.8, 4) is 6.07 Å². The maximum atomic E-state index is 12.4. The average Bonchev–Trinajstić information content (AvgIpc) is 3.41. The minimum absolute atomic E-state index is 0. The minimum atomic E-state index is -0.274. The number of hydrogen-bond donors (Lipinski definition) is 4. The van der Waals surface area contributed by atoms with E-state index >= 15 is 0 Å². The van der Waals surface area contributed by atoms with Crippen LogP contribution in [0.2, 0.25) is 0 Å². The highest BCUT2D eigenvalue weighted by molar-refractivity contribution is 8.00. The molecule has 1 aliphatic rings. The van der Waals surface area contributed by atoms with Gasteiger partial charge in [-0.3, -0.25) is 14.4 Å². The molecular formula is C27H48N6O3S. The van der Waals surface area contributed by atoms with Gasteiger partial charge in [-0.05, 0) is 50.6 Å². The molecule has 1 aliphatic heterocycles. The van der Waals surface area contributed by atoms with Crippen molar-refractivity contribution in [3.05, 3.63) is 36.9 Å². The lowest BCUT2D eigenvalue weighted by Crippen LogP contribution is -2.37. The SMILES string of the molecule is C=CCNC(C)=O.CCCNC(=O)C(CNc1cccc(NC(=O)CCN2CCCC2)c1)SCCC#N.[HH].[HH].[HH]. The predicted molar refractivity (Wildman–Crippen MR) is 159 cm³/mol. The second kappa shape index (κ2) is 20.1. The monoisotopic (exact) mass is 536 g/mol. The van der Waals surface area contributed by atoms with Crippen LogP contribution in [0.5, 0.6) is 0 Å². The molecule has 0 aromatic heterocycles. The van der Waals surface area contributed by atoms with Crippen LogP contribution in [0.4, 0.5) is 11.4 Å². The third-order valence-corrected chi connectivity index (χ3v) is 6.58. The van der Waals surface area contributed by atoms with Gasteiger partial charge in [-0.1, -0.05) is 19.1 Å². The highest BCUT2D eigenvalue weighted by Gasteiger charge is 2.18. The molecule has 9 nitrogen and oxygen atoms in total. The van der Waals surface area contributed by atoms with Crippen molar-refractivity contribution < 1.29 is 18.7 Å². The second-order valence-corrected chi connectivity index (χ2v) is 9.90. The van der Waals surface area contributed by atoms with Crippen molar-refractivity contribution in [3.63, 3.8) is 0 Å². The molecule has 2 rings (SSSR count). The van der Waals surface area contributed by atoms with E-state index in [-0.39, 0.29) is 27.3 Å². The van der Waals surface area contributed by atoms with E-state index in [2.05, 4.69) is 38.8 Å². The van der Waals surface area contributed by atoms with E-state index in [0.717, 1.165) is 37.4 Å². The summed E-state index contributed by atoms with van der Waals surface area (Å²) in [4.78, 5) is 37.0. The molecule has 4 N–H and O–H groups in total. The Bertz CT molecular complexity index is 899. The van der Waals surface area contributed by atoms with Crippen LogP contribution in [0.1, 0.15) is 50.2 Å². The summed E-state index contributed by atoms with van der Waals surface area (Å²) >= 11 is 1.49. The topological polar surface area (TPSA) is 126 Å². The number of thioether (sulfide) groups is 1. The maximum Gasteiger partial charge on any atom is 0.234 e. The fourth-order valence-corrected chi connectivity index (χ4v) is 4.39. The number of likely N-dealkylation sites (tertiary alicyclic amines) is 1. The Hall–Kier alpha value is -3.03. The zero-order valence-corrected chi connectivity index (χ0v) is 23.0. The van der Waals surface area contributed by atoms with Crippen LogP contribution in [0.15, 0.2) is 36.9 Å². The highest BCUT2D eigenvalue weighted by Crippen LogP contribution is 2.18. The third-order valence-electron chi connectivity index (χ3n) is 5.36. The van der Waals surface area contributed by atoms with E-state index in [0.29, 0.717) is 38.2 Å². The van der Waals surface area contributed by atoms with Crippen molar-refractivity contribution in [1.82, 2.24) is 15.5 Å². The number of hydrogen-bond acceptors (Lipinski definition) is 7. The van der Waals surface area contributed by atoms with Crippen LogP contribution in [0, 0.1) is 11.3 Å². The lowest BCUT2D eigenvalue weighted by Gasteiger charge is -2.18. The molecule has 1 aromatic carbocycles. The van der Waals surface area contributed by atoms with E-state index in [1.54, 1.807) is 6.08 Å². The van der Waals surface area contributed by atoms with Gasteiger partial charge >= 0.3 is 0 Å². The highest BCUT2D eigenvalue weighted by atomic mass is 32.2. The molecule has 1 unspecified atom stereocenters. The number of anilines is 2. The molecule has 37 heavy (non-hydrogen) atoms. The fraction of sp³-hybridized carbons (Fsp3) is 0.556. The van der Waals surface area contributed by atoms with Crippen molar-refractivity contribution in [1.29, 1.82) is 5.26 Å². The standard InChI is InChI=1S/C22H33N5O2S.C5H9NO.3H2/c1-2-11-24-22(29)20(30-15-6-10-23)17-25-18-7-5-8-19(16-18)26-21(28)9-14-27-12-3-4-13-27;1-3-4-6-5(2)7;;;/h5,7-8,16,20,25H,2-4,6,9,11-15,17H2,1H3,(H,24,29)(H,26,28);3H,1,4H2,2H3,(H,6,7);3*1H. The first kappa shape index (κ1) is 32.0. The van der Waals surface area contributed by atoms with Crippen LogP contribution in [0.25, 0.3) is 0 Å². The van der Waals surface area contributed by atoms with Gasteiger partial charge in [0.25, 0.3) is 0 Å². The number of amides is 3. The Kier molecular flexibility index (Phi) is 17.4. The van der Waals surface area contributed by atoms with Crippen LogP contribution in [-0.2, 0) is 14.4 Å². The first-order chi connectivity index (χ1) is 17.9. The van der Waals surface area contributed by atoms with E-state index in [9.17, 15) is 14.4 Å². The van der Waals surface area contributed by atoms with Gasteiger partial charge in [-0.2, -0.15) is 5.26 Å². The Labute approximate surface area is 230 Å². The molecule has 1 saturated heterocycles. The number of benzene rings is 1. The fourth-order valence-electron chi connectivity index (χ4n) is 3.46. The molecule has 0 radical (unpaired) electrons. The maximum absolute atomic E-state index is 12.4. The number of nitrogens with zero attached hydrogens (tertiary/aromatic N) is 2. The van der Waals surface area contributed by atoms with Gasteiger partial charge in [0.05, 0.1) is 6.07 Å². The smallest absolute Gasteiger partial charge is 0.234 e. The molecule has 1 fully saturated rings. The zero-order valence-electron chi connectivity index (χ0n) is 22.2. The van der Waals surface area contributed by atoms with Gasteiger partial charge < -0.3 is 26.2 Å². The molecular weight excluding hydrogens is 488 g/mol. The van der Waals surface area contributed by atoms with Gasteiger partial charge in [-0.15, -0.1) is 18.3 Å². The van der Waals surface area contributed by atoms with E-state index in [1.807, 2.05) is 31.2 Å². The minimum Gasteiger partial charge on any atom is -0.383 e. The van der Waals surface area contributed by atoms with Gasteiger partial charge in [-0.25, -0.2) is 0 Å². The van der Waals surface area contributed by atoms with Gasteiger partial charge in [0.1, 0.15) is 5.25 Å². The van der Waals surface area contributed by atoms with Gasteiger partial charge in [0.15, 0.2) is 0 Å². The summed E-state index contributed by atoms with van der Waals surface area (Å²) in [5.41, 5.74) is 1.59. The quantitative estimate of drug-likeness (QED) is 0.196. The van der Waals surface area contributed by atoms with Crippen molar-refractivity contribution in [2.45, 2.75) is 51.2 Å². The third kappa shape index (κ3) is 15.6. The Morgan fingerprint density at radius 2 is 1.97 bits per heavy atom. The van der Waals surface area contributed by atoms with Crippen molar-refractivity contribution >= 4 is 40.9 Å². The largest absolute Gasteiger partial charge is 0.383 e. The summed E-state index contributed by atoms with van der Waals surface area (Å²) in [5, 5.41) is 20.2. The Morgan fingerprint density at radius 1 is 1.24 bits per heavy atom. The number of carbonyl (C=O) groups is 3. The number of nitriles is 1. The number of carbonyl (C=O) groups excluding carboxylic acids is 3. The van der Waals surface area contributed by atoms with E-state index in [4.69, 9.17) is 5.26 Å². The Morgan fingerprint density at radius 3 is 2.59 bits per heavy atom. The summed E-state index contributed by atoms with van der Waals surface area (Å²) in [5.74, 6) is 0.608. The molecule has 1 heterocycles. The van der Waals surface area contributed by atoms with Crippen LogP contribution in [-0.4, -0.2) is 72.9 Å². The van der Waals surface area contributed by atoms with Gasteiger partial charge in [0.2, 0.25) is 17.7 Å². The average molecular weight is 537 g/mol. The molecule has 1 atom stereocenters. The van der Waals surface area contributed by atoms with Crippen LogP contribution in [0.3, 0.4) is 0 Å². The summed E-state index contributed by atoms with van der Waals surface area (Å²) in [6.07, 6.45) is 5.88. The molecule has 1 aromatic rings. The zero-order chi connectivity index (χ0) is 27.3. The Balaban J connectivity index is -0.00000121. The van der Waals surface area contributed by atoms with Crippen molar-refractivity contribution in [2.24, 2.45) is 0 Å². The molecule has 0 saturated carbocycles. The summed E-state index contributed by atoms with van der Waals surface area (Å²) < 4.78 is 0. The second-order valence-electron chi connectivity index (χ2n) is 8.59. The molecule has 10 heteroatoms. The number of nitrogens with one attached hydrogen (secondary N) is 4. The lowest BCUT2D eigenvalue weighted by atomic mass is 10.2. The predicted octanol–water partition coefficient (Wildman–Crippen LogP) is 4.11. The molecule has 210 valence electrons. The van der Waals surface area contributed by atoms with E-state index in [1.165, 1.54) is 31.5 Å². The first-order valence-electron chi connectivity index (χ1n) is 12.9. The summed E-state index contributed by atoms with van der Waals surface area (Å²) in [6.45, 7) is 11.6. The lowest BCUT2D eigenvalue weighted by molar-refractivity contribution is -0.120. The normalized spacial score (nSPS) is 13.3.